The number of nitrogens with one attached hydrogen (secondary N) is 2. The van der Waals surface area contributed by atoms with E-state index in [1.54, 1.807) is 0 Å². The van der Waals surface area contributed by atoms with Crippen molar-refractivity contribution in [1.29, 1.82) is 0 Å². The number of rotatable bonds is 7. The van der Waals surface area contributed by atoms with Gasteiger partial charge in [0.05, 0.1) is 33.0 Å². The first-order valence-electron chi connectivity index (χ1n) is 11.2. The Labute approximate surface area is 190 Å². The van der Waals surface area contributed by atoms with Gasteiger partial charge in [0.15, 0.2) is 17.5 Å². The molecule has 0 aliphatic carbocycles. The van der Waals surface area contributed by atoms with Crippen LogP contribution < -0.4 is 20.1 Å². The molecule has 0 radical (unpaired) electrons. The minimum absolute atomic E-state index is 0.581. The van der Waals surface area contributed by atoms with Crippen LogP contribution in [0.3, 0.4) is 0 Å². The van der Waals surface area contributed by atoms with Gasteiger partial charge in [-0.1, -0.05) is 30.3 Å². The number of benzene rings is 2. The van der Waals surface area contributed by atoms with Crippen LogP contribution in [0.25, 0.3) is 0 Å². The molecule has 32 heavy (non-hydrogen) atoms. The summed E-state index contributed by atoms with van der Waals surface area (Å²) in [7, 11) is 0. The Morgan fingerprint density at radius 2 is 1.78 bits per heavy atom. The molecule has 2 aliphatic rings. The Hall–Kier alpha value is -3.03. The van der Waals surface area contributed by atoms with Crippen molar-refractivity contribution >= 4 is 11.6 Å². The number of nitrogens with zero attached hydrogens (tertiary/aromatic N) is 2. The van der Waals surface area contributed by atoms with Gasteiger partial charge >= 0.3 is 0 Å². The highest BCUT2D eigenvalue weighted by Crippen LogP contribution is 2.32. The summed E-state index contributed by atoms with van der Waals surface area (Å²) in [6.45, 7) is 10.8. The average Bonchev–Trinajstić information content (AvgIpc) is 3.07. The van der Waals surface area contributed by atoms with Crippen LogP contribution in [0.5, 0.6) is 11.5 Å². The first-order chi connectivity index (χ1) is 15.8. The predicted octanol–water partition coefficient (Wildman–Crippen LogP) is 3.42. The number of hydrogen-bond acceptors (Lipinski definition) is 5. The summed E-state index contributed by atoms with van der Waals surface area (Å²) in [5, 5.41) is 6.69. The van der Waals surface area contributed by atoms with Gasteiger partial charge in [0.25, 0.3) is 0 Å². The Kier molecular flexibility index (Phi) is 8.00. The van der Waals surface area contributed by atoms with E-state index in [2.05, 4.69) is 46.4 Å². The molecular weight excluding hydrogens is 404 g/mol. The Morgan fingerprint density at radius 3 is 2.59 bits per heavy atom. The lowest BCUT2D eigenvalue weighted by Gasteiger charge is -2.27. The number of guanidine groups is 1. The molecule has 170 valence electrons. The summed E-state index contributed by atoms with van der Waals surface area (Å²) >= 11 is 0. The normalized spacial score (nSPS) is 16.8. The number of fused-ring (bicyclic) bond motifs is 1. The van der Waals surface area contributed by atoms with E-state index in [9.17, 15) is 0 Å². The third-order valence-electron chi connectivity index (χ3n) is 5.45. The molecule has 4 rings (SSSR count). The third-order valence-corrected chi connectivity index (χ3v) is 5.45. The molecule has 2 heterocycles. The lowest BCUT2D eigenvalue weighted by atomic mass is 10.1. The lowest BCUT2D eigenvalue weighted by Crippen LogP contribution is -2.35. The van der Waals surface area contributed by atoms with Crippen molar-refractivity contribution < 1.29 is 14.2 Å². The van der Waals surface area contributed by atoms with Gasteiger partial charge in [0, 0.05) is 44.4 Å². The molecule has 0 saturated carbocycles. The molecule has 1 fully saturated rings. The maximum atomic E-state index is 5.81. The summed E-state index contributed by atoms with van der Waals surface area (Å²) in [6, 6.07) is 14.4. The molecular formula is C25H32N4O3. The fourth-order valence-electron chi connectivity index (χ4n) is 3.72. The highest BCUT2D eigenvalue weighted by Gasteiger charge is 2.14. The largest absolute Gasteiger partial charge is 0.490 e. The van der Waals surface area contributed by atoms with Crippen LogP contribution in [-0.4, -0.2) is 56.9 Å². The first-order valence-corrected chi connectivity index (χ1v) is 11.2. The number of anilines is 1. The molecule has 0 amide bonds. The summed E-state index contributed by atoms with van der Waals surface area (Å²) in [5.41, 5.74) is 3.42. The lowest BCUT2D eigenvalue weighted by molar-refractivity contribution is 0.0341. The molecule has 2 aromatic carbocycles. The molecule has 2 N–H and O–H groups in total. The van der Waals surface area contributed by atoms with E-state index >= 15 is 0 Å². The Bertz CT molecular complexity index is 925. The number of aliphatic imine (C=N–C) groups is 1. The maximum absolute atomic E-state index is 5.81. The first kappa shape index (κ1) is 22.2. The molecule has 0 atom stereocenters. The van der Waals surface area contributed by atoms with Gasteiger partial charge in [-0.25, -0.2) is 4.99 Å². The Morgan fingerprint density at radius 1 is 1.00 bits per heavy atom. The van der Waals surface area contributed by atoms with E-state index < -0.39 is 0 Å². The van der Waals surface area contributed by atoms with Crippen molar-refractivity contribution in [3.05, 3.63) is 66.2 Å². The molecule has 1 saturated heterocycles. The van der Waals surface area contributed by atoms with Crippen molar-refractivity contribution in [2.24, 2.45) is 4.99 Å². The van der Waals surface area contributed by atoms with Gasteiger partial charge in [-0.3, -0.25) is 4.90 Å². The third kappa shape index (κ3) is 6.24. The SMILES string of the molecule is C=CCNC(=NCc1ccccc1CN1CCOCC1)Nc1ccc2c(c1)OCCCO2. The van der Waals surface area contributed by atoms with E-state index in [1.165, 1.54) is 11.1 Å². The highest BCUT2D eigenvalue weighted by molar-refractivity contribution is 5.94. The van der Waals surface area contributed by atoms with Crippen molar-refractivity contribution in [3.8, 4) is 11.5 Å². The highest BCUT2D eigenvalue weighted by atomic mass is 16.5. The molecule has 0 bridgehead atoms. The molecule has 0 aromatic heterocycles. The van der Waals surface area contributed by atoms with Crippen LogP contribution in [0, 0.1) is 0 Å². The zero-order chi connectivity index (χ0) is 22.0. The summed E-state index contributed by atoms with van der Waals surface area (Å²) < 4.78 is 17.0. The second-order valence-corrected chi connectivity index (χ2v) is 7.83. The fraction of sp³-hybridized carbons (Fsp3) is 0.400. The standard InChI is InChI=1S/C25H32N4O3/c1-2-10-26-25(28-22-8-9-23-24(17-22)32-14-5-13-31-23)27-18-20-6-3-4-7-21(20)19-29-11-15-30-16-12-29/h2-4,6-9,17H,1,5,10-16,18-19H2,(H2,26,27,28). The predicted molar refractivity (Wildman–Crippen MR) is 128 cm³/mol. The molecule has 2 aromatic rings. The zero-order valence-electron chi connectivity index (χ0n) is 18.5. The topological polar surface area (TPSA) is 67.4 Å². The van der Waals surface area contributed by atoms with E-state index in [0.717, 1.165) is 56.5 Å². The van der Waals surface area contributed by atoms with Crippen LogP contribution in [0.4, 0.5) is 5.69 Å². The second-order valence-electron chi connectivity index (χ2n) is 7.83. The van der Waals surface area contributed by atoms with Crippen LogP contribution in [-0.2, 0) is 17.8 Å². The van der Waals surface area contributed by atoms with E-state index in [1.807, 2.05) is 24.3 Å². The zero-order valence-corrected chi connectivity index (χ0v) is 18.5. The van der Waals surface area contributed by atoms with Gasteiger partial charge in [-0.15, -0.1) is 6.58 Å². The monoisotopic (exact) mass is 436 g/mol. The summed E-state index contributed by atoms with van der Waals surface area (Å²) in [5.74, 6) is 2.23. The fourth-order valence-corrected chi connectivity index (χ4v) is 3.72. The quantitative estimate of drug-likeness (QED) is 0.394. The molecule has 0 spiro atoms. The van der Waals surface area contributed by atoms with Gasteiger partial charge in [0.2, 0.25) is 0 Å². The van der Waals surface area contributed by atoms with Gasteiger partial charge < -0.3 is 24.8 Å². The summed E-state index contributed by atoms with van der Waals surface area (Å²) in [6.07, 6.45) is 2.70. The van der Waals surface area contributed by atoms with Crippen molar-refractivity contribution in [3.63, 3.8) is 0 Å². The Balaban J connectivity index is 1.47. The van der Waals surface area contributed by atoms with E-state index in [0.29, 0.717) is 32.3 Å². The molecule has 2 aliphatic heterocycles. The summed E-state index contributed by atoms with van der Waals surface area (Å²) in [4.78, 5) is 7.27. The number of hydrogen-bond donors (Lipinski definition) is 2. The minimum Gasteiger partial charge on any atom is -0.490 e. The molecule has 0 unspecified atom stereocenters. The van der Waals surface area contributed by atoms with Gasteiger partial charge in [0.1, 0.15) is 0 Å². The number of ether oxygens (including phenoxy) is 3. The van der Waals surface area contributed by atoms with Crippen LogP contribution >= 0.6 is 0 Å². The van der Waals surface area contributed by atoms with E-state index in [4.69, 9.17) is 19.2 Å². The van der Waals surface area contributed by atoms with Crippen molar-refractivity contribution in [1.82, 2.24) is 10.2 Å². The van der Waals surface area contributed by atoms with Crippen LogP contribution in [0.15, 0.2) is 60.1 Å². The maximum Gasteiger partial charge on any atom is 0.196 e. The van der Waals surface area contributed by atoms with E-state index in [-0.39, 0.29) is 0 Å². The smallest absolute Gasteiger partial charge is 0.196 e. The van der Waals surface area contributed by atoms with Crippen molar-refractivity contribution in [2.75, 3.05) is 51.4 Å². The second kappa shape index (κ2) is 11.5. The van der Waals surface area contributed by atoms with Crippen molar-refractivity contribution in [2.45, 2.75) is 19.5 Å². The number of morpholine rings is 1. The average molecular weight is 437 g/mol. The van der Waals surface area contributed by atoms with Crippen LogP contribution in [0.1, 0.15) is 17.5 Å². The molecule has 7 nitrogen and oxygen atoms in total. The van der Waals surface area contributed by atoms with Crippen LogP contribution in [0.2, 0.25) is 0 Å². The minimum atomic E-state index is 0.581. The molecule has 7 heteroatoms. The van der Waals surface area contributed by atoms with Gasteiger partial charge in [-0.05, 0) is 23.3 Å². The van der Waals surface area contributed by atoms with Gasteiger partial charge in [-0.2, -0.15) is 0 Å².